The van der Waals surface area contributed by atoms with E-state index in [1.807, 2.05) is 0 Å². The molecule has 0 aromatic heterocycles. The molecule has 0 bridgehead atoms. The van der Waals surface area contributed by atoms with Gasteiger partial charge in [-0.25, -0.2) is 0 Å². The topological polar surface area (TPSA) is 0 Å². The minimum absolute atomic E-state index is 0.567. The minimum atomic E-state index is -0.567. The number of benzene rings is 1. The molecule has 0 amide bonds. The molecule has 1 aromatic rings. The van der Waals surface area contributed by atoms with Crippen molar-refractivity contribution in [2.75, 3.05) is 0 Å². The van der Waals surface area contributed by atoms with E-state index in [-0.39, 0.29) is 0 Å². The van der Waals surface area contributed by atoms with Crippen LogP contribution >= 0.6 is 11.6 Å². The summed E-state index contributed by atoms with van der Waals surface area (Å²) in [6.07, 6.45) is 2.20. The molecule has 0 unspecified atom stereocenters. The second-order valence-corrected chi connectivity index (χ2v) is 6.62. The number of alkyl halides is 1. The molecule has 13 heavy (non-hydrogen) atoms. The van der Waals surface area contributed by atoms with E-state index in [1.54, 1.807) is 0 Å². The van der Waals surface area contributed by atoms with E-state index in [9.17, 15) is 0 Å². The second-order valence-electron chi connectivity index (χ2n) is 3.48. The lowest BCUT2D eigenvalue weighted by Crippen LogP contribution is -1.91. The van der Waals surface area contributed by atoms with E-state index in [2.05, 4.69) is 49.1 Å². The zero-order valence-corrected chi connectivity index (χ0v) is 10.0. The molecule has 1 rings (SSSR count). The maximum absolute atomic E-state index is 5.70. The van der Waals surface area contributed by atoms with Crippen LogP contribution < -0.4 is 0 Å². The molecule has 0 radical (unpaired) electrons. The van der Waals surface area contributed by atoms with Crippen LogP contribution in [-0.4, -0.2) is 8.80 Å². The van der Waals surface area contributed by atoms with Crippen molar-refractivity contribution in [2.24, 2.45) is 0 Å². The number of hydrogen-bond donors (Lipinski definition) is 0. The van der Waals surface area contributed by atoms with Gasteiger partial charge in [-0.3, -0.25) is 0 Å². The summed E-state index contributed by atoms with van der Waals surface area (Å²) in [6.45, 7) is 4.62. The quantitative estimate of drug-likeness (QED) is 0.530. The highest BCUT2D eigenvalue weighted by Crippen LogP contribution is 2.08. The summed E-state index contributed by atoms with van der Waals surface area (Å²) in [6, 6.07) is 8.39. The molecule has 70 valence electrons. The molecule has 0 aliphatic carbocycles. The van der Waals surface area contributed by atoms with E-state index in [4.69, 9.17) is 11.6 Å². The summed E-state index contributed by atoms with van der Waals surface area (Å²) in [4.78, 5) is 0. The molecule has 0 heterocycles. The van der Waals surface area contributed by atoms with E-state index in [0.717, 1.165) is 0 Å². The van der Waals surface area contributed by atoms with Gasteiger partial charge in [-0.2, -0.15) is 0 Å². The molecule has 0 aliphatic heterocycles. The van der Waals surface area contributed by atoms with Crippen LogP contribution in [0.3, 0.4) is 0 Å². The Morgan fingerprint density at radius 2 is 1.85 bits per heavy atom. The van der Waals surface area contributed by atoms with Crippen molar-refractivity contribution >= 4 is 26.5 Å². The Bertz CT molecular complexity index is 275. The minimum Gasteiger partial charge on any atom is -0.122 e. The fourth-order valence-electron chi connectivity index (χ4n) is 1.02. The van der Waals surface area contributed by atoms with Gasteiger partial charge in [0, 0.05) is 5.88 Å². The van der Waals surface area contributed by atoms with Crippen LogP contribution in [0.25, 0.3) is 6.08 Å². The second kappa shape index (κ2) is 5.25. The molecular weight excluding hydrogens is 196 g/mol. The van der Waals surface area contributed by atoms with E-state index in [1.165, 1.54) is 11.1 Å². The first-order valence-electron chi connectivity index (χ1n) is 4.55. The van der Waals surface area contributed by atoms with Gasteiger partial charge in [0.2, 0.25) is 0 Å². The summed E-state index contributed by atoms with van der Waals surface area (Å²) in [7, 11) is -0.567. The van der Waals surface area contributed by atoms with Crippen LogP contribution in [0, 0.1) is 0 Å². The standard InChI is InChI=1S/C11H15ClSi/c1-13(2)8-7-10-3-5-11(9-12)6-4-10/h3-8,13H,9H2,1-2H3. The fraction of sp³-hybridized carbons (Fsp3) is 0.273. The van der Waals surface area contributed by atoms with Crippen molar-refractivity contribution in [1.29, 1.82) is 0 Å². The predicted octanol–water partition coefficient (Wildman–Crippen LogP) is 3.46. The Hall–Kier alpha value is -0.533. The average Bonchev–Trinajstić information content (AvgIpc) is 2.15. The Morgan fingerprint density at radius 3 is 2.31 bits per heavy atom. The third kappa shape index (κ3) is 3.79. The molecule has 0 atom stereocenters. The lowest BCUT2D eigenvalue weighted by molar-refractivity contribution is 1.40. The normalized spacial score (nSPS) is 11.4. The highest BCUT2D eigenvalue weighted by atomic mass is 35.5. The monoisotopic (exact) mass is 210 g/mol. The molecule has 0 saturated heterocycles. The highest BCUT2D eigenvalue weighted by Gasteiger charge is 1.90. The van der Waals surface area contributed by atoms with Gasteiger partial charge in [-0.15, -0.1) is 11.6 Å². The van der Waals surface area contributed by atoms with E-state index >= 15 is 0 Å². The van der Waals surface area contributed by atoms with Crippen molar-refractivity contribution in [3.05, 3.63) is 41.1 Å². The third-order valence-electron chi connectivity index (χ3n) is 1.81. The maximum Gasteiger partial charge on any atom is 0.0554 e. The first kappa shape index (κ1) is 10.5. The van der Waals surface area contributed by atoms with Crippen LogP contribution in [0.4, 0.5) is 0 Å². The van der Waals surface area contributed by atoms with Crippen LogP contribution in [0.5, 0.6) is 0 Å². The molecule has 0 aliphatic rings. The summed E-state index contributed by atoms with van der Waals surface area (Å²) in [5, 5.41) is 0. The zero-order valence-electron chi connectivity index (χ0n) is 8.13. The fourth-order valence-corrected chi connectivity index (χ4v) is 1.81. The highest BCUT2D eigenvalue weighted by molar-refractivity contribution is 6.62. The molecule has 0 N–H and O–H groups in total. The summed E-state index contributed by atoms with van der Waals surface area (Å²) in [5.41, 5.74) is 4.78. The SMILES string of the molecule is C[SiH](C)C=Cc1ccc(CCl)cc1. The average molecular weight is 211 g/mol. The number of rotatable bonds is 3. The van der Waals surface area contributed by atoms with Gasteiger partial charge in [0.25, 0.3) is 0 Å². The van der Waals surface area contributed by atoms with E-state index in [0.29, 0.717) is 5.88 Å². The van der Waals surface area contributed by atoms with Crippen LogP contribution in [0.1, 0.15) is 11.1 Å². The molecule has 2 heteroatoms. The van der Waals surface area contributed by atoms with Gasteiger partial charge < -0.3 is 0 Å². The first-order chi connectivity index (χ1) is 6.22. The molecular formula is C11H15ClSi. The van der Waals surface area contributed by atoms with Gasteiger partial charge in [0.05, 0.1) is 8.80 Å². The van der Waals surface area contributed by atoms with Gasteiger partial charge in [0.1, 0.15) is 0 Å². The van der Waals surface area contributed by atoms with Crippen molar-refractivity contribution in [3.8, 4) is 0 Å². The van der Waals surface area contributed by atoms with Gasteiger partial charge >= 0.3 is 0 Å². The Balaban J connectivity index is 2.69. The number of halogens is 1. The molecule has 1 aromatic carbocycles. The summed E-state index contributed by atoms with van der Waals surface area (Å²) < 4.78 is 0. The molecule has 0 nitrogen and oxygen atoms in total. The van der Waals surface area contributed by atoms with Gasteiger partial charge in [-0.1, -0.05) is 49.1 Å². The third-order valence-corrected chi connectivity index (χ3v) is 3.08. The van der Waals surface area contributed by atoms with Crippen molar-refractivity contribution < 1.29 is 0 Å². The summed E-state index contributed by atoms with van der Waals surface area (Å²) >= 11 is 5.70. The first-order valence-corrected chi connectivity index (χ1v) is 8.06. The maximum atomic E-state index is 5.70. The smallest absolute Gasteiger partial charge is 0.0554 e. The predicted molar refractivity (Wildman–Crippen MR) is 63.9 cm³/mol. The Morgan fingerprint density at radius 1 is 1.23 bits per heavy atom. The van der Waals surface area contributed by atoms with Crippen molar-refractivity contribution in [3.63, 3.8) is 0 Å². The lowest BCUT2D eigenvalue weighted by atomic mass is 10.1. The van der Waals surface area contributed by atoms with Crippen molar-refractivity contribution in [1.82, 2.24) is 0 Å². The Labute approximate surface area is 86.8 Å². The lowest BCUT2D eigenvalue weighted by Gasteiger charge is -1.97. The molecule has 0 saturated carbocycles. The summed E-state index contributed by atoms with van der Waals surface area (Å²) in [5.74, 6) is 0.600. The molecule has 0 fully saturated rings. The zero-order chi connectivity index (χ0) is 9.68. The number of hydrogen-bond acceptors (Lipinski definition) is 0. The largest absolute Gasteiger partial charge is 0.122 e. The van der Waals surface area contributed by atoms with Gasteiger partial charge in [0.15, 0.2) is 0 Å². The van der Waals surface area contributed by atoms with Crippen LogP contribution in [0.2, 0.25) is 13.1 Å². The van der Waals surface area contributed by atoms with Crippen LogP contribution in [-0.2, 0) is 5.88 Å². The van der Waals surface area contributed by atoms with E-state index < -0.39 is 8.80 Å². The Kier molecular flexibility index (Phi) is 4.26. The van der Waals surface area contributed by atoms with Crippen molar-refractivity contribution in [2.45, 2.75) is 19.0 Å². The van der Waals surface area contributed by atoms with Gasteiger partial charge in [-0.05, 0) is 11.1 Å². The van der Waals surface area contributed by atoms with Crippen LogP contribution in [0.15, 0.2) is 30.0 Å². The molecule has 0 spiro atoms.